The van der Waals surface area contributed by atoms with Gasteiger partial charge in [-0.2, -0.15) is 0 Å². The predicted molar refractivity (Wildman–Crippen MR) is 385 cm³/mol. The van der Waals surface area contributed by atoms with Crippen LogP contribution in [0.25, 0.3) is 0 Å². The van der Waals surface area contributed by atoms with E-state index in [4.69, 9.17) is 24.3 Å². The average molecular weight is 1260 g/mol. The Hall–Kier alpha value is -3.33. The standard InChI is InChI=1S/C79H140NO8P/c1-3-5-7-9-11-13-15-17-19-21-23-25-27-29-31-33-35-37-38-40-42-44-46-48-50-52-54-56-58-60-62-64-66-68-70-72-79(82)88-77(76-87-89(83,84)86-74-73-80)75-85-78(81)71-69-67-65-63-61-59-57-55-53-51-49-47-45-43-41-39-36-34-32-30-28-26-24-22-20-18-16-14-12-10-8-6-4-2/h5,7,11,13,16-19,22-25,28-31,35,37,77H,3-4,6,8-10,12,14-15,20-21,26-27,32-34,36,38-76,80H2,1-2H3,(H,83,84)/b7-5-,13-11-,18-16-,19-17-,24-22-,25-23-,30-28-,31-29-,37-35-. The number of carbonyl (C=O) groups excluding carboxylic acids is 2. The molecule has 89 heavy (non-hydrogen) atoms. The molecule has 0 aliphatic heterocycles. The van der Waals surface area contributed by atoms with Crippen molar-refractivity contribution in [3.05, 3.63) is 109 Å². The van der Waals surface area contributed by atoms with Crippen LogP contribution in [0.3, 0.4) is 0 Å². The molecule has 0 saturated heterocycles. The number of rotatable bonds is 70. The Labute approximate surface area is 549 Å². The van der Waals surface area contributed by atoms with Gasteiger partial charge in [-0.1, -0.05) is 342 Å². The van der Waals surface area contributed by atoms with Crippen molar-refractivity contribution in [2.45, 2.75) is 354 Å². The summed E-state index contributed by atoms with van der Waals surface area (Å²) in [5.74, 6) is -0.816. The molecule has 3 N–H and O–H groups in total. The summed E-state index contributed by atoms with van der Waals surface area (Å²) in [5, 5.41) is 0. The summed E-state index contributed by atoms with van der Waals surface area (Å²) >= 11 is 0. The predicted octanol–water partition coefficient (Wildman–Crippen LogP) is 24.9. The SMILES string of the molecule is CC/C=C\C/C=C\C/C=C\C/C=C\C/C=C\C/C=C\CCCCCCCCCCCCCCCCCCC(=O)OC(COC(=O)CCCCCCCCCCCCCCCCCCCC/C=C\C/C=C\C/C=C\CCCCCCC)COP(=O)(O)OCCN. The van der Waals surface area contributed by atoms with Crippen LogP contribution in [0.4, 0.5) is 0 Å². The van der Waals surface area contributed by atoms with Crippen LogP contribution in [0, 0.1) is 0 Å². The highest BCUT2D eigenvalue weighted by molar-refractivity contribution is 7.47. The Kier molecular flexibility index (Phi) is 71.0. The molecule has 0 aromatic heterocycles. The first-order valence-electron chi connectivity index (χ1n) is 37.4. The van der Waals surface area contributed by atoms with E-state index in [-0.39, 0.29) is 38.6 Å². The first kappa shape index (κ1) is 85.7. The molecule has 10 heteroatoms. The zero-order valence-electron chi connectivity index (χ0n) is 57.9. The number of hydrogen-bond acceptors (Lipinski definition) is 8. The Morgan fingerprint density at radius 1 is 0.348 bits per heavy atom. The van der Waals surface area contributed by atoms with Crippen LogP contribution in [-0.2, 0) is 32.7 Å². The Morgan fingerprint density at radius 2 is 0.618 bits per heavy atom. The number of hydrogen-bond donors (Lipinski definition) is 2. The topological polar surface area (TPSA) is 134 Å². The lowest BCUT2D eigenvalue weighted by molar-refractivity contribution is -0.161. The molecule has 0 radical (unpaired) electrons. The third-order valence-corrected chi connectivity index (χ3v) is 17.1. The van der Waals surface area contributed by atoms with Crippen molar-refractivity contribution >= 4 is 19.8 Å². The highest BCUT2D eigenvalue weighted by Crippen LogP contribution is 2.43. The number of nitrogens with two attached hydrogens (primary N) is 1. The highest BCUT2D eigenvalue weighted by Gasteiger charge is 2.26. The quantitative estimate of drug-likeness (QED) is 0.0264. The summed E-state index contributed by atoms with van der Waals surface area (Å²) in [6.07, 6.45) is 102. The number of unbranched alkanes of at least 4 members (excludes halogenated alkanes) is 39. The molecule has 0 saturated carbocycles. The summed E-state index contributed by atoms with van der Waals surface area (Å²) in [6, 6.07) is 0. The molecule has 2 unspecified atom stereocenters. The molecular formula is C79H140NO8P. The van der Waals surface area contributed by atoms with Crippen molar-refractivity contribution in [1.82, 2.24) is 0 Å². The zero-order chi connectivity index (χ0) is 64.4. The van der Waals surface area contributed by atoms with Crippen molar-refractivity contribution in [3.8, 4) is 0 Å². The maximum atomic E-state index is 12.8. The summed E-state index contributed by atoms with van der Waals surface area (Å²) in [4.78, 5) is 35.4. The number of ether oxygens (including phenoxy) is 2. The summed E-state index contributed by atoms with van der Waals surface area (Å²) in [6.45, 7) is 3.66. The van der Waals surface area contributed by atoms with Gasteiger partial charge < -0.3 is 20.1 Å². The lowest BCUT2D eigenvalue weighted by Crippen LogP contribution is -2.29. The monoisotopic (exact) mass is 1260 g/mol. The molecule has 2 atom stereocenters. The fourth-order valence-electron chi connectivity index (χ4n) is 10.7. The number of esters is 2. The Balaban J connectivity index is 3.84. The van der Waals surface area contributed by atoms with Gasteiger partial charge in [0.25, 0.3) is 0 Å². The third kappa shape index (κ3) is 73.6. The van der Waals surface area contributed by atoms with E-state index in [1.165, 1.54) is 225 Å². The number of carbonyl (C=O) groups is 2. The molecule has 514 valence electrons. The summed E-state index contributed by atoms with van der Waals surface area (Å²) < 4.78 is 33.2. The van der Waals surface area contributed by atoms with Gasteiger partial charge in [-0.15, -0.1) is 0 Å². The van der Waals surface area contributed by atoms with Gasteiger partial charge >= 0.3 is 19.8 Å². The third-order valence-electron chi connectivity index (χ3n) is 16.1. The molecule has 0 rings (SSSR count). The molecule has 9 nitrogen and oxygen atoms in total. The Bertz CT molecular complexity index is 1830. The van der Waals surface area contributed by atoms with Crippen LogP contribution in [0.5, 0.6) is 0 Å². The number of phosphoric ester groups is 1. The second-order valence-corrected chi connectivity index (χ2v) is 26.2. The summed E-state index contributed by atoms with van der Waals surface area (Å²) in [5.41, 5.74) is 5.41. The van der Waals surface area contributed by atoms with E-state index in [9.17, 15) is 19.0 Å². The van der Waals surface area contributed by atoms with Gasteiger partial charge in [0.2, 0.25) is 0 Å². The zero-order valence-corrected chi connectivity index (χ0v) is 58.8. The Morgan fingerprint density at radius 3 is 0.921 bits per heavy atom. The largest absolute Gasteiger partial charge is 0.472 e. The van der Waals surface area contributed by atoms with Gasteiger partial charge in [-0.05, 0) is 103 Å². The van der Waals surface area contributed by atoms with Crippen molar-refractivity contribution < 1.29 is 37.6 Å². The van der Waals surface area contributed by atoms with Gasteiger partial charge in [0.1, 0.15) is 6.61 Å². The van der Waals surface area contributed by atoms with E-state index in [2.05, 4.69) is 123 Å². The fourth-order valence-corrected chi connectivity index (χ4v) is 11.4. The average Bonchev–Trinajstić information content (AvgIpc) is 3.66. The first-order chi connectivity index (χ1) is 43.8. The van der Waals surface area contributed by atoms with Crippen LogP contribution >= 0.6 is 7.82 Å². The molecule has 0 bridgehead atoms. The van der Waals surface area contributed by atoms with E-state index >= 15 is 0 Å². The minimum atomic E-state index is -4.40. The maximum absolute atomic E-state index is 12.8. The molecule has 0 aromatic carbocycles. The smallest absolute Gasteiger partial charge is 0.462 e. The van der Waals surface area contributed by atoms with E-state index in [1.54, 1.807) is 0 Å². The van der Waals surface area contributed by atoms with Crippen molar-refractivity contribution in [1.29, 1.82) is 0 Å². The highest BCUT2D eigenvalue weighted by atomic mass is 31.2. The van der Waals surface area contributed by atoms with Crippen LogP contribution in [0.2, 0.25) is 0 Å². The minimum Gasteiger partial charge on any atom is -0.462 e. The van der Waals surface area contributed by atoms with Gasteiger partial charge in [-0.3, -0.25) is 18.6 Å². The van der Waals surface area contributed by atoms with E-state index in [1.807, 2.05) is 0 Å². The lowest BCUT2D eigenvalue weighted by Gasteiger charge is -2.19. The molecule has 0 fully saturated rings. The van der Waals surface area contributed by atoms with E-state index < -0.39 is 26.5 Å². The molecular weight excluding hydrogens is 1120 g/mol. The fraction of sp³-hybridized carbons (Fsp3) is 0.747. The molecule has 0 aromatic rings. The van der Waals surface area contributed by atoms with Gasteiger partial charge in [0.05, 0.1) is 13.2 Å². The van der Waals surface area contributed by atoms with Gasteiger partial charge in [0, 0.05) is 19.4 Å². The van der Waals surface area contributed by atoms with Gasteiger partial charge in [0.15, 0.2) is 6.10 Å². The normalized spacial score (nSPS) is 13.5. The molecule has 0 amide bonds. The molecule has 0 aliphatic carbocycles. The number of phosphoric acid groups is 1. The van der Waals surface area contributed by atoms with Crippen LogP contribution in [-0.4, -0.2) is 49.3 Å². The van der Waals surface area contributed by atoms with Crippen molar-refractivity contribution in [2.75, 3.05) is 26.4 Å². The van der Waals surface area contributed by atoms with Crippen LogP contribution in [0.15, 0.2) is 109 Å². The maximum Gasteiger partial charge on any atom is 0.472 e. The lowest BCUT2D eigenvalue weighted by atomic mass is 10.0. The molecule has 0 heterocycles. The van der Waals surface area contributed by atoms with Crippen LogP contribution in [0.1, 0.15) is 348 Å². The summed E-state index contributed by atoms with van der Waals surface area (Å²) in [7, 11) is -4.40. The first-order valence-corrected chi connectivity index (χ1v) is 38.9. The van der Waals surface area contributed by atoms with E-state index in [0.29, 0.717) is 6.42 Å². The second-order valence-electron chi connectivity index (χ2n) is 24.8. The van der Waals surface area contributed by atoms with Gasteiger partial charge in [-0.25, -0.2) is 4.57 Å². The minimum absolute atomic E-state index is 0.0515. The van der Waals surface area contributed by atoms with E-state index in [0.717, 1.165) is 89.9 Å². The number of allylic oxidation sites excluding steroid dienone is 18. The van der Waals surface area contributed by atoms with Crippen molar-refractivity contribution in [3.63, 3.8) is 0 Å². The second kappa shape index (κ2) is 73.7. The molecule has 0 aliphatic rings. The van der Waals surface area contributed by atoms with Crippen LogP contribution < -0.4 is 5.73 Å². The van der Waals surface area contributed by atoms with Crippen molar-refractivity contribution in [2.24, 2.45) is 5.73 Å². The molecule has 0 spiro atoms.